The zero-order chi connectivity index (χ0) is 18.3. The zero-order valence-corrected chi connectivity index (χ0v) is 17.6. The molecule has 8 heteroatoms. The van der Waals surface area contributed by atoms with Gasteiger partial charge in [0, 0.05) is 59.0 Å². The van der Waals surface area contributed by atoms with Gasteiger partial charge in [0.05, 0.1) is 0 Å². The number of carbonyl (C=O) groups is 1. The number of likely N-dealkylation sites (tertiary alicyclic amines) is 1. The lowest BCUT2D eigenvalue weighted by Gasteiger charge is -2.18. The molecular weight excluding hydrogens is 464 g/mol. The summed E-state index contributed by atoms with van der Waals surface area (Å²) in [5, 5.41) is 7.06. The Hall–Kier alpha value is -1.25. The topological polar surface area (TPSA) is 71.3 Å². The van der Waals surface area contributed by atoms with Crippen molar-refractivity contribution in [2.24, 2.45) is 5.92 Å². The highest BCUT2D eigenvalue weighted by Crippen LogP contribution is 2.40. The lowest BCUT2D eigenvalue weighted by molar-refractivity contribution is 0.0922. The fourth-order valence-electron chi connectivity index (χ4n) is 3.40. The van der Waals surface area contributed by atoms with E-state index in [1.807, 2.05) is 0 Å². The second kappa shape index (κ2) is 7.40. The maximum atomic E-state index is 12.5. The van der Waals surface area contributed by atoms with E-state index in [0.29, 0.717) is 17.5 Å². The molecule has 1 amide bonds. The van der Waals surface area contributed by atoms with Crippen LogP contribution in [0.2, 0.25) is 0 Å². The highest BCUT2D eigenvalue weighted by atomic mass is 79.9. The van der Waals surface area contributed by atoms with Gasteiger partial charge in [-0.1, -0.05) is 12.1 Å². The Morgan fingerprint density at radius 2 is 2.04 bits per heavy atom. The molecule has 1 N–H and O–H groups in total. The van der Waals surface area contributed by atoms with Crippen LogP contribution in [0.1, 0.15) is 47.5 Å². The molecule has 2 aliphatic rings. The molecule has 0 spiro atoms. The van der Waals surface area contributed by atoms with Crippen molar-refractivity contribution in [3.05, 3.63) is 44.4 Å². The Bertz CT molecular complexity index is 801. The lowest BCUT2D eigenvalue weighted by atomic mass is 10.1. The van der Waals surface area contributed by atoms with E-state index in [4.69, 9.17) is 4.52 Å². The van der Waals surface area contributed by atoms with Crippen molar-refractivity contribution in [1.82, 2.24) is 20.4 Å². The molecule has 1 aliphatic heterocycles. The van der Waals surface area contributed by atoms with Crippen molar-refractivity contribution < 1.29 is 9.32 Å². The van der Waals surface area contributed by atoms with Crippen LogP contribution in [0.15, 0.2) is 31.9 Å². The summed E-state index contributed by atoms with van der Waals surface area (Å²) < 4.78 is 7.27. The first kappa shape index (κ1) is 18.1. The number of carbonyl (C=O) groups excluding carboxylic acids is 1. The van der Waals surface area contributed by atoms with E-state index in [9.17, 15) is 4.79 Å². The molecule has 0 unspecified atom stereocenters. The van der Waals surface area contributed by atoms with E-state index in [2.05, 4.69) is 59.1 Å². The summed E-state index contributed by atoms with van der Waals surface area (Å²) in [5.41, 5.74) is 1.56. The number of nitrogens with zero attached hydrogens (tertiary/aromatic N) is 3. The van der Waals surface area contributed by atoms with Crippen molar-refractivity contribution in [3.63, 3.8) is 0 Å². The first-order chi connectivity index (χ1) is 12.5. The third-order valence-corrected chi connectivity index (χ3v) is 6.45. The number of aromatic nitrogens is 2. The van der Waals surface area contributed by atoms with Gasteiger partial charge in [-0.15, -0.1) is 0 Å². The van der Waals surface area contributed by atoms with Gasteiger partial charge in [0.15, 0.2) is 5.69 Å². The molecule has 0 aromatic carbocycles. The standard InChI is InChI=1S/C18H20Br2N4O2/c1-10-7-24(8-12-13(19)5-21-6-14(12)20)9-16(10)22-18(25)15-4-17(26-23-15)11-2-3-11/h4-6,10-11,16H,2-3,7-9H2,1H3,(H,22,25)/t10-,16+/m0/s1. The van der Waals surface area contributed by atoms with Crippen molar-refractivity contribution in [2.75, 3.05) is 13.1 Å². The van der Waals surface area contributed by atoms with Gasteiger partial charge < -0.3 is 9.84 Å². The van der Waals surface area contributed by atoms with Crippen molar-refractivity contribution in [2.45, 2.75) is 38.3 Å². The fourth-order valence-corrected chi connectivity index (χ4v) is 4.58. The predicted octanol–water partition coefficient (Wildman–Crippen LogP) is 3.72. The van der Waals surface area contributed by atoms with Crippen LogP contribution in [0.3, 0.4) is 0 Å². The van der Waals surface area contributed by atoms with Crippen molar-refractivity contribution >= 4 is 37.8 Å². The maximum Gasteiger partial charge on any atom is 0.273 e. The SMILES string of the molecule is C[C@H]1CN(Cc2c(Br)cncc2Br)C[C@H]1NC(=O)c1cc(C2CC2)on1. The normalized spacial score (nSPS) is 23.3. The molecule has 6 nitrogen and oxygen atoms in total. The number of rotatable bonds is 5. The molecular formula is C18H20Br2N4O2. The van der Waals surface area contributed by atoms with E-state index < -0.39 is 0 Å². The summed E-state index contributed by atoms with van der Waals surface area (Å²) in [5.74, 6) is 1.52. The summed E-state index contributed by atoms with van der Waals surface area (Å²) in [7, 11) is 0. The van der Waals surface area contributed by atoms with Crippen LogP contribution < -0.4 is 5.32 Å². The van der Waals surface area contributed by atoms with Gasteiger partial charge in [0.2, 0.25) is 0 Å². The summed E-state index contributed by atoms with van der Waals surface area (Å²) in [6.45, 7) is 4.70. The molecule has 2 atom stereocenters. The molecule has 0 bridgehead atoms. The number of halogens is 2. The molecule has 0 radical (unpaired) electrons. The second-order valence-electron chi connectivity index (χ2n) is 7.22. The Balaban J connectivity index is 1.38. The predicted molar refractivity (Wildman–Crippen MR) is 104 cm³/mol. The molecule has 1 saturated heterocycles. The van der Waals surface area contributed by atoms with E-state index in [1.54, 1.807) is 18.5 Å². The van der Waals surface area contributed by atoms with E-state index in [0.717, 1.165) is 47.2 Å². The van der Waals surface area contributed by atoms with Crippen LogP contribution in [0, 0.1) is 5.92 Å². The second-order valence-corrected chi connectivity index (χ2v) is 8.93. The summed E-state index contributed by atoms with van der Waals surface area (Å²) >= 11 is 7.13. The number of hydrogen-bond donors (Lipinski definition) is 1. The number of amides is 1. The molecule has 1 aliphatic carbocycles. The summed E-state index contributed by atoms with van der Waals surface area (Å²) in [4.78, 5) is 19.0. The van der Waals surface area contributed by atoms with Gasteiger partial charge in [-0.05, 0) is 56.2 Å². The third-order valence-electron chi connectivity index (χ3n) is 5.08. The quantitative estimate of drug-likeness (QED) is 0.701. The van der Waals surface area contributed by atoms with Gasteiger partial charge >= 0.3 is 0 Å². The largest absolute Gasteiger partial charge is 0.360 e. The molecule has 4 rings (SSSR count). The summed E-state index contributed by atoms with van der Waals surface area (Å²) in [6.07, 6.45) is 5.87. The van der Waals surface area contributed by atoms with Gasteiger partial charge in [-0.2, -0.15) is 0 Å². The van der Waals surface area contributed by atoms with Crippen LogP contribution in [-0.4, -0.2) is 40.1 Å². The molecule has 2 aromatic rings. The van der Waals surface area contributed by atoms with Crippen LogP contribution >= 0.6 is 31.9 Å². The minimum absolute atomic E-state index is 0.1000. The van der Waals surface area contributed by atoms with E-state index in [1.165, 1.54) is 5.56 Å². The number of pyridine rings is 1. The molecule has 138 valence electrons. The van der Waals surface area contributed by atoms with Crippen molar-refractivity contribution in [3.8, 4) is 0 Å². The Kier molecular flexibility index (Phi) is 5.16. The zero-order valence-electron chi connectivity index (χ0n) is 14.4. The average Bonchev–Trinajstić information content (AvgIpc) is 3.23. The number of nitrogens with one attached hydrogen (secondary N) is 1. The molecule has 26 heavy (non-hydrogen) atoms. The smallest absolute Gasteiger partial charge is 0.273 e. The van der Waals surface area contributed by atoms with E-state index in [-0.39, 0.29) is 11.9 Å². The highest BCUT2D eigenvalue weighted by molar-refractivity contribution is 9.11. The monoisotopic (exact) mass is 482 g/mol. The molecule has 3 heterocycles. The maximum absolute atomic E-state index is 12.5. The first-order valence-corrected chi connectivity index (χ1v) is 10.4. The van der Waals surface area contributed by atoms with Crippen LogP contribution in [0.4, 0.5) is 0 Å². The van der Waals surface area contributed by atoms with Crippen LogP contribution in [-0.2, 0) is 6.54 Å². The average molecular weight is 484 g/mol. The molecule has 1 saturated carbocycles. The van der Waals surface area contributed by atoms with Crippen LogP contribution in [0.5, 0.6) is 0 Å². The number of hydrogen-bond acceptors (Lipinski definition) is 5. The van der Waals surface area contributed by atoms with Gasteiger partial charge in [0.25, 0.3) is 5.91 Å². The van der Waals surface area contributed by atoms with Crippen molar-refractivity contribution in [1.29, 1.82) is 0 Å². The van der Waals surface area contributed by atoms with Crippen LogP contribution in [0.25, 0.3) is 0 Å². The highest BCUT2D eigenvalue weighted by Gasteiger charge is 2.33. The minimum Gasteiger partial charge on any atom is -0.360 e. The molecule has 2 aromatic heterocycles. The van der Waals surface area contributed by atoms with Gasteiger partial charge in [-0.3, -0.25) is 14.7 Å². The third kappa shape index (κ3) is 3.87. The Morgan fingerprint density at radius 3 is 2.73 bits per heavy atom. The Morgan fingerprint density at radius 1 is 1.31 bits per heavy atom. The Labute approximate surface area is 169 Å². The van der Waals surface area contributed by atoms with Gasteiger partial charge in [0.1, 0.15) is 5.76 Å². The summed E-state index contributed by atoms with van der Waals surface area (Å²) in [6, 6.07) is 1.89. The minimum atomic E-state index is -0.148. The van der Waals surface area contributed by atoms with E-state index >= 15 is 0 Å². The van der Waals surface area contributed by atoms with Gasteiger partial charge in [-0.25, -0.2) is 0 Å². The molecule has 2 fully saturated rings. The fraction of sp³-hybridized carbons (Fsp3) is 0.500. The first-order valence-electron chi connectivity index (χ1n) is 8.79. The lowest BCUT2D eigenvalue weighted by Crippen LogP contribution is -2.40.